The number of aliphatic hydroxyl groups excluding tert-OH is 1. The molecule has 0 aromatic carbocycles. The fraction of sp³-hybridized carbons (Fsp3) is 0.478. The van der Waals surface area contributed by atoms with Gasteiger partial charge in [-0.3, -0.25) is 23.8 Å². The SMILES string of the molecule is Cc1ccc2nc(N3CCN(CCO)CC3)c(C=C3SC(=S)N(CC(C)C)C3=O)c(=O)n2c1. The van der Waals surface area contributed by atoms with Crippen molar-refractivity contribution in [3.8, 4) is 0 Å². The summed E-state index contributed by atoms with van der Waals surface area (Å²) in [6, 6.07) is 3.77. The fourth-order valence-corrected chi connectivity index (χ4v) is 5.35. The molecule has 2 fully saturated rings. The number of β-amino-alcohol motifs (C(OH)–C–C–N with tert-alkyl or cyclic N) is 1. The molecule has 0 unspecified atom stereocenters. The van der Waals surface area contributed by atoms with Gasteiger partial charge in [0.25, 0.3) is 11.5 Å². The molecule has 1 amide bonds. The van der Waals surface area contributed by atoms with E-state index in [4.69, 9.17) is 17.2 Å². The third-order valence-corrected chi connectivity index (χ3v) is 7.15. The second-order valence-corrected chi connectivity index (χ2v) is 10.5. The lowest BCUT2D eigenvalue weighted by molar-refractivity contribution is -0.122. The van der Waals surface area contributed by atoms with Crippen LogP contribution < -0.4 is 10.5 Å². The highest BCUT2D eigenvalue weighted by molar-refractivity contribution is 8.26. The number of carbonyl (C=O) groups excluding carboxylic acids is 1. The van der Waals surface area contributed by atoms with Gasteiger partial charge in [-0.25, -0.2) is 4.98 Å². The van der Waals surface area contributed by atoms with Crippen LogP contribution in [0.3, 0.4) is 0 Å². The van der Waals surface area contributed by atoms with Crippen LogP contribution in [0.1, 0.15) is 25.0 Å². The van der Waals surface area contributed by atoms with Crippen molar-refractivity contribution in [1.82, 2.24) is 19.2 Å². The van der Waals surface area contributed by atoms with E-state index in [0.29, 0.717) is 52.4 Å². The average Bonchev–Trinajstić information content (AvgIpc) is 3.04. The highest BCUT2D eigenvalue weighted by Crippen LogP contribution is 2.34. The summed E-state index contributed by atoms with van der Waals surface area (Å²) in [5.74, 6) is 0.710. The van der Waals surface area contributed by atoms with Gasteiger partial charge >= 0.3 is 0 Å². The van der Waals surface area contributed by atoms with E-state index >= 15 is 0 Å². The molecular weight excluding hydrogens is 458 g/mol. The van der Waals surface area contributed by atoms with Gasteiger partial charge in [0, 0.05) is 45.5 Å². The second-order valence-electron chi connectivity index (χ2n) is 8.83. The van der Waals surface area contributed by atoms with Crippen LogP contribution in [-0.4, -0.2) is 80.4 Å². The van der Waals surface area contributed by atoms with Crippen molar-refractivity contribution in [2.45, 2.75) is 20.8 Å². The van der Waals surface area contributed by atoms with Crippen molar-refractivity contribution in [3.63, 3.8) is 0 Å². The van der Waals surface area contributed by atoms with Gasteiger partial charge in [-0.1, -0.05) is 43.9 Å². The van der Waals surface area contributed by atoms with E-state index in [1.54, 1.807) is 21.6 Å². The van der Waals surface area contributed by atoms with Crippen molar-refractivity contribution in [3.05, 3.63) is 44.7 Å². The zero-order chi connectivity index (χ0) is 23.7. The zero-order valence-electron chi connectivity index (χ0n) is 19.2. The highest BCUT2D eigenvalue weighted by atomic mass is 32.2. The van der Waals surface area contributed by atoms with Crippen molar-refractivity contribution in [2.75, 3.05) is 50.8 Å². The third kappa shape index (κ3) is 4.98. The molecular formula is C23H29N5O3S2. The number of nitrogens with zero attached hydrogens (tertiary/aromatic N) is 5. The number of pyridine rings is 1. The molecule has 1 N–H and O–H groups in total. The summed E-state index contributed by atoms with van der Waals surface area (Å²) in [4.78, 5) is 37.8. The number of thioether (sulfide) groups is 1. The number of thiocarbonyl (C=S) groups is 1. The molecule has 0 saturated carbocycles. The summed E-state index contributed by atoms with van der Waals surface area (Å²) in [6.45, 7) is 10.2. The number of amides is 1. The van der Waals surface area contributed by atoms with Gasteiger partial charge in [0.2, 0.25) is 0 Å². The highest BCUT2D eigenvalue weighted by Gasteiger charge is 2.33. The van der Waals surface area contributed by atoms with E-state index in [-0.39, 0.29) is 24.0 Å². The van der Waals surface area contributed by atoms with E-state index in [2.05, 4.69) is 9.80 Å². The van der Waals surface area contributed by atoms with Crippen LogP contribution in [0, 0.1) is 12.8 Å². The van der Waals surface area contributed by atoms with Crippen LogP contribution in [0.2, 0.25) is 0 Å². The van der Waals surface area contributed by atoms with E-state index in [1.807, 2.05) is 32.9 Å². The fourth-order valence-electron chi connectivity index (χ4n) is 4.09. The predicted octanol–water partition coefficient (Wildman–Crippen LogP) is 1.97. The minimum Gasteiger partial charge on any atom is -0.395 e. The van der Waals surface area contributed by atoms with Crippen molar-refractivity contribution >= 4 is 51.7 Å². The number of anilines is 1. The standard InChI is InChI=1S/C23H29N5O3S2/c1-15(2)13-28-22(31)18(33-23(28)32)12-17-20(26-8-6-25(7-9-26)10-11-29)24-19-5-4-16(3)14-27(19)21(17)30/h4-5,12,14-15,29H,6-11,13H2,1-3H3. The van der Waals surface area contributed by atoms with Crippen LogP contribution in [-0.2, 0) is 4.79 Å². The van der Waals surface area contributed by atoms with Gasteiger partial charge in [0.15, 0.2) is 0 Å². The average molecular weight is 488 g/mol. The number of hydrogen-bond donors (Lipinski definition) is 1. The summed E-state index contributed by atoms with van der Waals surface area (Å²) in [6.07, 6.45) is 3.44. The number of rotatable bonds is 6. The molecule has 2 aliphatic heterocycles. The van der Waals surface area contributed by atoms with Gasteiger partial charge in [-0.2, -0.15) is 0 Å². The third-order valence-electron chi connectivity index (χ3n) is 5.77. The Labute approximate surface area is 202 Å². The molecule has 0 bridgehead atoms. The van der Waals surface area contributed by atoms with Gasteiger partial charge < -0.3 is 10.0 Å². The number of aliphatic hydroxyl groups is 1. The molecule has 0 atom stereocenters. The maximum atomic E-state index is 13.6. The topological polar surface area (TPSA) is 81.4 Å². The Hall–Kier alpha value is -2.27. The molecule has 2 aromatic rings. The Morgan fingerprint density at radius 3 is 2.61 bits per heavy atom. The smallest absolute Gasteiger partial charge is 0.267 e. The first-order valence-electron chi connectivity index (χ1n) is 11.1. The summed E-state index contributed by atoms with van der Waals surface area (Å²) in [5, 5.41) is 9.24. The maximum absolute atomic E-state index is 13.6. The maximum Gasteiger partial charge on any atom is 0.267 e. The largest absolute Gasteiger partial charge is 0.395 e. The molecule has 8 nitrogen and oxygen atoms in total. The minimum atomic E-state index is -0.203. The summed E-state index contributed by atoms with van der Waals surface area (Å²) in [5.41, 5.74) is 1.72. The molecule has 4 heterocycles. The molecule has 2 saturated heterocycles. The Balaban J connectivity index is 1.78. The number of hydrogen-bond acceptors (Lipinski definition) is 8. The molecule has 2 aliphatic rings. The lowest BCUT2D eigenvalue weighted by Gasteiger charge is -2.35. The van der Waals surface area contributed by atoms with Crippen LogP contribution in [0.25, 0.3) is 11.7 Å². The minimum absolute atomic E-state index is 0.123. The number of aryl methyl sites for hydroxylation is 1. The van der Waals surface area contributed by atoms with E-state index in [0.717, 1.165) is 18.7 Å². The van der Waals surface area contributed by atoms with Crippen LogP contribution in [0.5, 0.6) is 0 Å². The lowest BCUT2D eigenvalue weighted by Crippen LogP contribution is -2.48. The van der Waals surface area contributed by atoms with Crippen LogP contribution >= 0.6 is 24.0 Å². The number of fused-ring (bicyclic) bond motifs is 1. The van der Waals surface area contributed by atoms with Gasteiger partial charge in [-0.15, -0.1) is 0 Å². The van der Waals surface area contributed by atoms with E-state index in [1.165, 1.54) is 11.8 Å². The Morgan fingerprint density at radius 1 is 1.21 bits per heavy atom. The zero-order valence-corrected chi connectivity index (χ0v) is 20.8. The van der Waals surface area contributed by atoms with Crippen molar-refractivity contribution < 1.29 is 9.90 Å². The lowest BCUT2D eigenvalue weighted by atomic mass is 10.2. The summed E-state index contributed by atoms with van der Waals surface area (Å²) >= 11 is 6.68. The first-order chi connectivity index (χ1) is 15.8. The summed E-state index contributed by atoms with van der Waals surface area (Å²) in [7, 11) is 0. The number of aromatic nitrogens is 2. The molecule has 0 aliphatic carbocycles. The van der Waals surface area contributed by atoms with Crippen LogP contribution in [0.4, 0.5) is 5.82 Å². The molecule has 0 radical (unpaired) electrons. The Bertz CT molecular complexity index is 1170. The van der Waals surface area contributed by atoms with Crippen molar-refractivity contribution in [1.29, 1.82) is 0 Å². The van der Waals surface area contributed by atoms with E-state index < -0.39 is 0 Å². The molecule has 4 rings (SSSR count). The quantitative estimate of drug-likeness (QED) is 0.489. The monoisotopic (exact) mass is 487 g/mol. The first-order valence-corrected chi connectivity index (χ1v) is 12.4. The predicted molar refractivity (Wildman–Crippen MR) is 137 cm³/mol. The number of piperazine rings is 1. The van der Waals surface area contributed by atoms with Gasteiger partial charge in [0.1, 0.15) is 15.8 Å². The number of carbonyl (C=O) groups is 1. The van der Waals surface area contributed by atoms with E-state index in [9.17, 15) is 14.7 Å². The molecule has 10 heteroatoms. The van der Waals surface area contributed by atoms with Crippen molar-refractivity contribution in [2.24, 2.45) is 5.92 Å². The molecule has 0 spiro atoms. The Kier molecular flexibility index (Phi) is 7.18. The summed E-state index contributed by atoms with van der Waals surface area (Å²) < 4.78 is 2.06. The van der Waals surface area contributed by atoms with Crippen LogP contribution in [0.15, 0.2) is 28.0 Å². The molecule has 2 aromatic heterocycles. The molecule has 33 heavy (non-hydrogen) atoms. The normalized spacial score (nSPS) is 19.0. The second kappa shape index (κ2) is 9.92. The van der Waals surface area contributed by atoms with Gasteiger partial charge in [-0.05, 0) is 30.5 Å². The Morgan fingerprint density at radius 2 is 1.94 bits per heavy atom. The first kappa shape index (κ1) is 23.9. The molecule has 176 valence electrons. The van der Waals surface area contributed by atoms with Gasteiger partial charge in [0.05, 0.1) is 17.1 Å².